The summed E-state index contributed by atoms with van der Waals surface area (Å²) < 4.78 is 0. The molecule has 4 atom stereocenters. The summed E-state index contributed by atoms with van der Waals surface area (Å²) in [6, 6.07) is 6.34. The zero-order valence-corrected chi connectivity index (χ0v) is 23.2. The Hall–Kier alpha value is -3.89. The number of carbonyl (C=O) groups is 3. The number of anilines is 1. The topological polar surface area (TPSA) is 173 Å². The zero-order chi connectivity index (χ0) is 29.5. The number of ketones is 2. The molecule has 0 radical (unpaired) electrons. The van der Waals surface area contributed by atoms with Crippen LogP contribution < -0.4 is 11.1 Å². The van der Waals surface area contributed by atoms with Crippen molar-refractivity contribution in [2.45, 2.75) is 45.3 Å². The molecule has 7 N–H and O–H groups in total. The van der Waals surface area contributed by atoms with Gasteiger partial charge in [0.2, 0.25) is 5.78 Å². The number of rotatable bonds is 4. The third-order valence-corrected chi connectivity index (χ3v) is 8.35. The first-order chi connectivity index (χ1) is 18.6. The smallest absolute Gasteiger partial charge is 0.255 e. The lowest BCUT2D eigenvalue weighted by Crippen LogP contribution is -2.63. The van der Waals surface area contributed by atoms with E-state index in [2.05, 4.69) is 26.1 Å². The number of nitrogens with zero attached hydrogens (tertiary/aromatic N) is 1. The van der Waals surface area contributed by atoms with E-state index < -0.39 is 58.0 Å². The lowest BCUT2D eigenvalue weighted by Gasteiger charge is -2.50. The van der Waals surface area contributed by atoms with Crippen LogP contribution in [0, 0.1) is 17.3 Å². The van der Waals surface area contributed by atoms with Crippen LogP contribution in [0.3, 0.4) is 0 Å². The molecule has 2 aromatic carbocycles. The van der Waals surface area contributed by atoms with Crippen LogP contribution in [0.2, 0.25) is 0 Å². The molecule has 5 rings (SSSR count). The molecule has 0 aliphatic heterocycles. The number of Topliss-reactive ketones (excluding diaryl/α,β-unsaturated/α-hetero) is 2. The van der Waals surface area contributed by atoms with Crippen molar-refractivity contribution in [1.29, 1.82) is 0 Å². The molecule has 0 bridgehead atoms. The number of phenols is 1. The van der Waals surface area contributed by atoms with Gasteiger partial charge in [-0.3, -0.25) is 19.3 Å². The van der Waals surface area contributed by atoms with Gasteiger partial charge in [-0.2, -0.15) is 0 Å². The molecule has 0 fully saturated rings. The predicted octanol–water partition coefficient (Wildman–Crippen LogP) is 2.73. The molecule has 0 saturated heterocycles. The Morgan fingerprint density at radius 3 is 2.42 bits per heavy atom. The Kier molecular flexibility index (Phi) is 6.27. The Morgan fingerprint density at radius 1 is 1.15 bits per heavy atom. The zero-order valence-electron chi connectivity index (χ0n) is 23.2. The van der Waals surface area contributed by atoms with E-state index in [1.54, 1.807) is 20.2 Å². The van der Waals surface area contributed by atoms with Gasteiger partial charge in [0.25, 0.3) is 5.91 Å². The van der Waals surface area contributed by atoms with Crippen LogP contribution >= 0.6 is 0 Å². The maximum atomic E-state index is 13.9. The number of primary amides is 1. The quantitative estimate of drug-likeness (QED) is 0.313. The number of nitrogens with two attached hydrogens (primary N) is 1. The largest absolute Gasteiger partial charge is 0.510 e. The fourth-order valence-electron chi connectivity index (χ4n) is 6.49. The van der Waals surface area contributed by atoms with E-state index in [9.17, 15) is 34.8 Å². The second-order valence-corrected chi connectivity index (χ2v) is 12.6. The van der Waals surface area contributed by atoms with Crippen LogP contribution in [0.4, 0.5) is 5.69 Å². The summed E-state index contributed by atoms with van der Waals surface area (Å²) in [5.41, 5.74) is 3.10. The van der Waals surface area contributed by atoms with E-state index >= 15 is 0 Å². The highest BCUT2D eigenvalue weighted by Crippen LogP contribution is 2.52. The van der Waals surface area contributed by atoms with E-state index in [1.807, 2.05) is 18.2 Å². The van der Waals surface area contributed by atoms with Gasteiger partial charge < -0.3 is 31.5 Å². The van der Waals surface area contributed by atoms with E-state index in [4.69, 9.17) is 5.73 Å². The van der Waals surface area contributed by atoms with Crippen molar-refractivity contribution in [2.75, 3.05) is 26.0 Å². The van der Waals surface area contributed by atoms with Gasteiger partial charge in [-0.15, -0.1) is 0 Å². The van der Waals surface area contributed by atoms with Crippen molar-refractivity contribution in [3.63, 3.8) is 0 Å². The van der Waals surface area contributed by atoms with E-state index in [-0.39, 0.29) is 35.1 Å². The number of nitrogens with one attached hydrogen (secondary N) is 1. The second-order valence-electron chi connectivity index (χ2n) is 12.6. The number of benzene rings is 2. The van der Waals surface area contributed by atoms with Crippen molar-refractivity contribution in [1.82, 2.24) is 4.90 Å². The van der Waals surface area contributed by atoms with Gasteiger partial charge in [0.15, 0.2) is 11.4 Å². The third kappa shape index (κ3) is 3.97. The molecule has 3 aliphatic carbocycles. The highest BCUT2D eigenvalue weighted by molar-refractivity contribution is 6.25. The highest BCUT2D eigenvalue weighted by Gasteiger charge is 2.63. The molecule has 0 spiro atoms. The summed E-state index contributed by atoms with van der Waals surface area (Å²) in [7, 11) is 3.20. The molecule has 0 heterocycles. The number of amides is 1. The van der Waals surface area contributed by atoms with Gasteiger partial charge in [0.05, 0.1) is 11.6 Å². The first-order valence-corrected chi connectivity index (χ1v) is 13.2. The van der Waals surface area contributed by atoms with Gasteiger partial charge >= 0.3 is 0 Å². The monoisotopic (exact) mass is 549 g/mol. The van der Waals surface area contributed by atoms with Crippen molar-refractivity contribution >= 4 is 33.9 Å². The molecule has 2 aromatic rings. The summed E-state index contributed by atoms with van der Waals surface area (Å²) in [5.74, 6) is -6.55. The predicted molar refractivity (Wildman–Crippen MR) is 149 cm³/mol. The minimum absolute atomic E-state index is 0.00116. The Labute approximate surface area is 231 Å². The van der Waals surface area contributed by atoms with Gasteiger partial charge in [-0.25, -0.2) is 0 Å². The maximum absolute atomic E-state index is 13.9. The fourth-order valence-corrected chi connectivity index (χ4v) is 6.49. The minimum atomic E-state index is -2.65. The molecule has 0 unspecified atom stereocenters. The maximum Gasteiger partial charge on any atom is 0.255 e. The Balaban J connectivity index is 1.65. The number of fused-ring (bicyclic) bond motifs is 4. The molecular weight excluding hydrogens is 514 g/mol. The molecule has 10 heteroatoms. The second kappa shape index (κ2) is 9.07. The van der Waals surface area contributed by atoms with E-state index in [0.717, 1.165) is 11.1 Å². The molecule has 212 valence electrons. The highest BCUT2D eigenvalue weighted by atomic mass is 16.3. The molecule has 0 aromatic heterocycles. The molecule has 1 amide bonds. The Bertz CT molecular complexity index is 1550. The van der Waals surface area contributed by atoms with Crippen LogP contribution in [-0.4, -0.2) is 75.1 Å². The molecular formula is C30H35N3O7. The number of hydrogen-bond donors (Lipinski definition) is 6. The summed E-state index contributed by atoms with van der Waals surface area (Å²) >= 11 is 0. The van der Waals surface area contributed by atoms with Crippen LogP contribution in [0.1, 0.15) is 43.1 Å². The number of aliphatic hydroxyl groups is 3. The van der Waals surface area contributed by atoms with Crippen molar-refractivity contribution in [3.05, 3.63) is 58.1 Å². The van der Waals surface area contributed by atoms with Crippen LogP contribution in [-0.2, 0) is 16.0 Å². The van der Waals surface area contributed by atoms with Gasteiger partial charge in [-0.05, 0) is 61.4 Å². The first kappa shape index (κ1) is 27.7. The summed E-state index contributed by atoms with van der Waals surface area (Å²) in [6.07, 6.45) is 0.308. The molecule has 0 saturated carbocycles. The fraction of sp³-hybridized carbons (Fsp3) is 0.433. The lowest BCUT2D eigenvalue weighted by molar-refractivity contribution is -0.148. The Morgan fingerprint density at radius 2 is 1.82 bits per heavy atom. The standard InChI is InChI=1S/C30H35N3O7/c1-29(2,3)12-32-16-7-6-13-8-14-9-15-10-18-22(33(4)5)25(36)21(28(31)39)27(38)30(18,40)26(37)20(15)24(35)19(14)23(34)17(13)11-16/h6-8,11,15,18,22,32,34,36-37,40H,9-10,12H2,1-5H3,(H2,31,39)/t15-,18-,22-,30-/m0/s1. The lowest BCUT2D eigenvalue weighted by atomic mass is 9.58. The van der Waals surface area contributed by atoms with Gasteiger partial charge in [0.1, 0.15) is 22.8 Å². The number of hydrogen-bond acceptors (Lipinski definition) is 9. The summed E-state index contributed by atoms with van der Waals surface area (Å²) in [4.78, 5) is 41.0. The molecule has 40 heavy (non-hydrogen) atoms. The van der Waals surface area contributed by atoms with Crippen LogP contribution in [0.25, 0.3) is 10.8 Å². The number of phenolic OH excluding ortho intramolecular Hbond substituents is 1. The minimum Gasteiger partial charge on any atom is -0.510 e. The van der Waals surface area contributed by atoms with Crippen molar-refractivity contribution in [3.8, 4) is 5.75 Å². The molecule has 3 aliphatic rings. The van der Waals surface area contributed by atoms with Gasteiger partial charge in [0, 0.05) is 29.1 Å². The van der Waals surface area contributed by atoms with E-state index in [1.165, 1.54) is 4.90 Å². The SMILES string of the molecule is CN(C)[C@@H]1C(O)=C(C(N)=O)C(=O)[C@@]2(O)C(O)=C3C(=O)c4c(cc5ccc(NCC(C)(C)C)cc5c4O)C[C@H]3C[C@@H]12. The van der Waals surface area contributed by atoms with Crippen molar-refractivity contribution in [2.24, 2.45) is 23.0 Å². The first-order valence-electron chi connectivity index (χ1n) is 13.2. The average molecular weight is 550 g/mol. The number of likely N-dealkylation sites (N-methyl/N-ethyl adjacent to an activating group) is 1. The number of aliphatic hydroxyl groups excluding tert-OH is 2. The third-order valence-electron chi connectivity index (χ3n) is 8.35. The number of aromatic hydroxyl groups is 1. The van der Waals surface area contributed by atoms with Crippen LogP contribution in [0.15, 0.2) is 46.9 Å². The number of carbonyl (C=O) groups excluding carboxylic acids is 3. The van der Waals surface area contributed by atoms with Crippen molar-refractivity contribution < 1.29 is 34.8 Å². The summed E-state index contributed by atoms with van der Waals surface area (Å²) in [5, 5.41) is 49.8. The average Bonchev–Trinajstić information content (AvgIpc) is 2.84. The summed E-state index contributed by atoms with van der Waals surface area (Å²) in [6.45, 7) is 6.96. The number of allylic oxidation sites excluding steroid dienone is 1. The van der Waals surface area contributed by atoms with Gasteiger partial charge in [-0.1, -0.05) is 32.9 Å². The normalized spacial score (nSPS) is 26.6. The van der Waals surface area contributed by atoms with Crippen LogP contribution in [0.5, 0.6) is 5.75 Å². The molecule has 10 nitrogen and oxygen atoms in total. The van der Waals surface area contributed by atoms with E-state index in [0.29, 0.717) is 17.5 Å².